The van der Waals surface area contributed by atoms with E-state index in [0.717, 1.165) is 47.2 Å². The summed E-state index contributed by atoms with van der Waals surface area (Å²) in [6, 6.07) is 9.59. The molecule has 120 valence electrons. The quantitative estimate of drug-likeness (QED) is 0.757. The highest BCUT2D eigenvalue weighted by Crippen LogP contribution is 2.33. The van der Waals surface area contributed by atoms with Gasteiger partial charge in [-0.3, -0.25) is 0 Å². The lowest BCUT2D eigenvalue weighted by Crippen LogP contribution is -2.05. The van der Waals surface area contributed by atoms with Crippen molar-refractivity contribution in [3.63, 3.8) is 0 Å². The zero-order valence-electron chi connectivity index (χ0n) is 13.5. The van der Waals surface area contributed by atoms with Gasteiger partial charge in [-0.2, -0.15) is 0 Å². The van der Waals surface area contributed by atoms with E-state index in [0.29, 0.717) is 0 Å². The summed E-state index contributed by atoms with van der Waals surface area (Å²) >= 11 is 0. The van der Waals surface area contributed by atoms with Crippen LogP contribution in [0.5, 0.6) is 11.5 Å². The third-order valence-corrected chi connectivity index (χ3v) is 3.60. The summed E-state index contributed by atoms with van der Waals surface area (Å²) in [7, 11) is 3.28. The number of imidazole rings is 1. The first-order valence-corrected chi connectivity index (χ1v) is 7.58. The lowest BCUT2D eigenvalue weighted by molar-refractivity contribution is 0.395. The maximum Gasteiger partial charge on any atom is 0.154 e. The normalized spacial score (nSPS) is 10.7. The molecule has 0 fully saturated rings. The predicted molar refractivity (Wildman–Crippen MR) is 90.3 cm³/mol. The number of nitrogens with zero attached hydrogens (tertiary/aromatic N) is 3. The largest absolute Gasteiger partial charge is 0.497 e. The van der Waals surface area contributed by atoms with Crippen molar-refractivity contribution in [3.8, 4) is 22.8 Å². The van der Waals surface area contributed by atoms with Crippen molar-refractivity contribution in [1.82, 2.24) is 14.6 Å². The predicted octanol–water partition coefficient (Wildman–Crippen LogP) is 3.24. The molecule has 6 nitrogen and oxygen atoms in total. The minimum atomic E-state index is 0.722. The molecule has 1 aromatic carbocycles. The van der Waals surface area contributed by atoms with Crippen LogP contribution in [0.15, 0.2) is 36.5 Å². The Morgan fingerprint density at radius 1 is 1.13 bits per heavy atom. The molecule has 0 radical (unpaired) electrons. The summed E-state index contributed by atoms with van der Waals surface area (Å²) in [5.41, 5.74) is 2.58. The van der Waals surface area contributed by atoms with Gasteiger partial charge in [-0.15, -0.1) is 5.10 Å². The minimum absolute atomic E-state index is 0.722. The van der Waals surface area contributed by atoms with Gasteiger partial charge >= 0.3 is 0 Å². The highest BCUT2D eigenvalue weighted by molar-refractivity contribution is 5.71. The number of methoxy groups -OCH3 is 2. The van der Waals surface area contributed by atoms with Crippen molar-refractivity contribution in [1.29, 1.82) is 0 Å². The van der Waals surface area contributed by atoms with Gasteiger partial charge in [0.05, 0.1) is 26.1 Å². The Morgan fingerprint density at radius 2 is 2.00 bits per heavy atom. The number of hydrogen-bond donors (Lipinski definition) is 1. The molecule has 3 rings (SSSR count). The molecule has 1 N–H and O–H groups in total. The van der Waals surface area contributed by atoms with Crippen LogP contribution >= 0.6 is 0 Å². The topological polar surface area (TPSA) is 60.7 Å². The maximum atomic E-state index is 5.49. The van der Waals surface area contributed by atoms with Crippen LogP contribution < -0.4 is 14.8 Å². The Kier molecular flexibility index (Phi) is 4.32. The Bertz CT molecular complexity index is 813. The molecule has 0 aliphatic carbocycles. The molecule has 0 amide bonds. The van der Waals surface area contributed by atoms with Crippen LogP contribution in [-0.2, 0) is 0 Å². The van der Waals surface area contributed by atoms with Gasteiger partial charge in [0.25, 0.3) is 0 Å². The molecule has 0 saturated carbocycles. The van der Waals surface area contributed by atoms with Crippen LogP contribution in [-0.4, -0.2) is 35.4 Å². The van der Waals surface area contributed by atoms with Crippen LogP contribution in [0.2, 0.25) is 0 Å². The van der Waals surface area contributed by atoms with Crippen molar-refractivity contribution in [2.75, 3.05) is 26.1 Å². The number of benzene rings is 1. The average molecular weight is 312 g/mol. The fourth-order valence-corrected chi connectivity index (χ4v) is 2.41. The van der Waals surface area contributed by atoms with Crippen molar-refractivity contribution >= 4 is 11.5 Å². The molecule has 2 aromatic heterocycles. The first kappa shape index (κ1) is 15.1. The molecule has 0 spiro atoms. The van der Waals surface area contributed by atoms with E-state index in [4.69, 9.17) is 9.47 Å². The molecule has 0 bridgehead atoms. The highest BCUT2D eigenvalue weighted by Gasteiger charge is 2.13. The van der Waals surface area contributed by atoms with Gasteiger partial charge in [0.15, 0.2) is 5.65 Å². The molecule has 3 aromatic rings. The van der Waals surface area contributed by atoms with Crippen molar-refractivity contribution in [3.05, 3.63) is 36.5 Å². The van der Waals surface area contributed by atoms with E-state index in [2.05, 4.69) is 22.3 Å². The van der Waals surface area contributed by atoms with Crippen molar-refractivity contribution in [2.24, 2.45) is 0 Å². The van der Waals surface area contributed by atoms with Crippen LogP contribution in [0.4, 0.5) is 5.82 Å². The summed E-state index contributed by atoms with van der Waals surface area (Å²) in [5, 5.41) is 7.91. The third kappa shape index (κ3) is 2.92. The zero-order chi connectivity index (χ0) is 16.2. The number of anilines is 1. The second kappa shape index (κ2) is 6.56. The van der Waals surface area contributed by atoms with Gasteiger partial charge in [0.1, 0.15) is 17.3 Å². The Morgan fingerprint density at radius 3 is 2.74 bits per heavy atom. The monoisotopic (exact) mass is 312 g/mol. The first-order valence-electron chi connectivity index (χ1n) is 7.58. The average Bonchev–Trinajstić information content (AvgIpc) is 3.02. The second-order valence-electron chi connectivity index (χ2n) is 5.13. The van der Waals surface area contributed by atoms with Crippen molar-refractivity contribution in [2.45, 2.75) is 13.3 Å². The number of hydrogen-bond acceptors (Lipinski definition) is 5. The summed E-state index contributed by atoms with van der Waals surface area (Å²) in [5.74, 6) is 2.30. The van der Waals surface area contributed by atoms with E-state index in [-0.39, 0.29) is 0 Å². The van der Waals surface area contributed by atoms with Gasteiger partial charge in [0, 0.05) is 18.2 Å². The molecule has 23 heavy (non-hydrogen) atoms. The molecular weight excluding hydrogens is 292 g/mol. The fourth-order valence-electron chi connectivity index (χ4n) is 2.41. The Balaban J connectivity index is 2.08. The summed E-state index contributed by atoms with van der Waals surface area (Å²) in [6.45, 7) is 3.00. The Hall–Kier alpha value is -2.76. The molecular formula is C17H20N4O2. The number of nitrogens with one attached hydrogen (secondary N) is 1. The van der Waals surface area contributed by atoms with E-state index in [1.165, 1.54) is 0 Å². The molecule has 0 aliphatic rings. The van der Waals surface area contributed by atoms with Gasteiger partial charge < -0.3 is 14.8 Å². The van der Waals surface area contributed by atoms with Gasteiger partial charge in [0.2, 0.25) is 0 Å². The highest BCUT2D eigenvalue weighted by atomic mass is 16.5. The van der Waals surface area contributed by atoms with Gasteiger partial charge in [-0.25, -0.2) is 9.50 Å². The number of aromatic nitrogens is 3. The SMILES string of the molecule is CCCNc1ccc2ncc(-c3ccc(OC)cc3OC)n2n1. The summed E-state index contributed by atoms with van der Waals surface area (Å²) in [6.07, 6.45) is 2.85. The van der Waals surface area contributed by atoms with Crippen LogP contribution in [0, 0.1) is 0 Å². The maximum absolute atomic E-state index is 5.49. The molecule has 6 heteroatoms. The standard InChI is InChI=1S/C17H20N4O2/c1-4-9-18-16-7-8-17-19-11-14(21(17)20-16)13-6-5-12(22-2)10-15(13)23-3/h5-8,10-11H,4,9H2,1-3H3,(H,18,20). The zero-order valence-corrected chi connectivity index (χ0v) is 13.5. The number of rotatable bonds is 6. The van der Waals surface area contributed by atoms with E-state index < -0.39 is 0 Å². The minimum Gasteiger partial charge on any atom is -0.497 e. The van der Waals surface area contributed by atoms with Crippen LogP contribution in [0.25, 0.3) is 16.9 Å². The van der Waals surface area contributed by atoms with Gasteiger partial charge in [-0.05, 0) is 30.7 Å². The molecule has 0 unspecified atom stereocenters. The van der Waals surface area contributed by atoms with Gasteiger partial charge in [-0.1, -0.05) is 6.92 Å². The Labute approximate surface area is 135 Å². The summed E-state index contributed by atoms with van der Waals surface area (Å²) in [4.78, 5) is 4.42. The molecule has 0 atom stereocenters. The summed E-state index contributed by atoms with van der Waals surface area (Å²) < 4.78 is 12.6. The third-order valence-electron chi connectivity index (χ3n) is 3.60. The van der Waals surface area contributed by atoms with Crippen LogP contribution in [0.3, 0.4) is 0 Å². The first-order chi connectivity index (χ1) is 11.3. The van der Waals surface area contributed by atoms with E-state index >= 15 is 0 Å². The second-order valence-corrected chi connectivity index (χ2v) is 5.13. The lowest BCUT2D eigenvalue weighted by Gasteiger charge is -2.10. The molecule has 0 saturated heterocycles. The smallest absolute Gasteiger partial charge is 0.154 e. The fraction of sp³-hybridized carbons (Fsp3) is 0.294. The lowest BCUT2D eigenvalue weighted by atomic mass is 10.1. The molecule has 0 aliphatic heterocycles. The van der Waals surface area contributed by atoms with E-state index in [9.17, 15) is 0 Å². The van der Waals surface area contributed by atoms with E-state index in [1.807, 2.05) is 34.8 Å². The van der Waals surface area contributed by atoms with Crippen LogP contribution in [0.1, 0.15) is 13.3 Å². The van der Waals surface area contributed by atoms with E-state index in [1.54, 1.807) is 20.4 Å². The molecule has 2 heterocycles. The number of fused-ring (bicyclic) bond motifs is 1. The number of ether oxygens (including phenoxy) is 2. The van der Waals surface area contributed by atoms with Crippen molar-refractivity contribution < 1.29 is 9.47 Å².